The molecule has 5 heteroatoms. The van der Waals surface area contributed by atoms with E-state index in [4.69, 9.17) is 9.26 Å². The lowest BCUT2D eigenvalue weighted by Gasteiger charge is -2.05. The number of aryl methyl sites for hydroxylation is 2. The van der Waals surface area contributed by atoms with E-state index in [1.165, 1.54) is 11.8 Å². The number of para-hydroxylation sites is 1. The van der Waals surface area contributed by atoms with Crippen molar-refractivity contribution in [1.82, 2.24) is 5.16 Å². The molecule has 0 bridgehead atoms. The number of aromatic nitrogens is 1. The summed E-state index contributed by atoms with van der Waals surface area (Å²) in [5.41, 5.74) is 2.22. The molecule has 0 aliphatic rings. The summed E-state index contributed by atoms with van der Waals surface area (Å²) in [6.45, 7) is 3.94. The van der Waals surface area contributed by atoms with Gasteiger partial charge in [-0.1, -0.05) is 41.1 Å². The molecule has 0 aliphatic carbocycles. The standard InChI is InChI=1S/C19H17NO3S/c1-13-8-10-16(11-9-13)24-19(21)18-14(2)20-23-17(18)12-22-15-6-4-3-5-7-15/h3-11H,12H2,1-2H3. The second-order valence-electron chi connectivity index (χ2n) is 5.37. The fraction of sp³-hybridized carbons (Fsp3) is 0.158. The van der Waals surface area contributed by atoms with Gasteiger partial charge in [0.15, 0.2) is 5.76 Å². The minimum Gasteiger partial charge on any atom is -0.486 e. The maximum Gasteiger partial charge on any atom is 0.229 e. The van der Waals surface area contributed by atoms with Crippen molar-refractivity contribution in [2.45, 2.75) is 25.3 Å². The highest BCUT2D eigenvalue weighted by atomic mass is 32.2. The summed E-state index contributed by atoms with van der Waals surface area (Å²) in [5.74, 6) is 1.16. The van der Waals surface area contributed by atoms with Crippen molar-refractivity contribution in [2.75, 3.05) is 0 Å². The van der Waals surface area contributed by atoms with Gasteiger partial charge < -0.3 is 9.26 Å². The van der Waals surface area contributed by atoms with Gasteiger partial charge in [-0.05, 0) is 49.9 Å². The van der Waals surface area contributed by atoms with Crippen LogP contribution >= 0.6 is 11.8 Å². The number of thioether (sulfide) groups is 1. The Balaban J connectivity index is 1.74. The van der Waals surface area contributed by atoms with E-state index in [0.717, 1.165) is 16.2 Å². The number of carbonyl (C=O) groups is 1. The Kier molecular flexibility index (Phi) is 5.01. The molecule has 0 spiro atoms. The third-order valence-electron chi connectivity index (χ3n) is 3.48. The monoisotopic (exact) mass is 339 g/mol. The third kappa shape index (κ3) is 3.86. The van der Waals surface area contributed by atoms with Gasteiger partial charge in [0.1, 0.15) is 12.4 Å². The molecule has 3 aromatic rings. The lowest BCUT2D eigenvalue weighted by atomic mass is 10.2. The minimum absolute atomic E-state index is 0.0933. The van der Waals surface area contributed by atoms with Crippen LogP contribution in [0.15, 0.2) is 64.0 Å². The van der Waals surface area contributed by atoms with Gasteiger partial charge in [-0.25, -0.2) is 0 Å². The van der Waals surface area contributed by atoms with E-state index >= 15 is 0 Å². The molecule has 24 heavy (non-hydrogen) atoms. The van der Waals surface area contributed by atoms with Crippen LogP contribution in [0.3, 0.4) is 0 Å². The Hall–Kier alpha value is -2.53. The Bertz CT molecular complexity index is 826. The van der Waals surface area contributed by atoms with Crippen LogP contribution in [0.25, 0.3) is 0 Å². The molecule has 4 nitrogen and oxygen atoms in total. The van der Waals surface area contributed by atoms with Crippen LogP contribution in [0.5, 0.6) is 5.75 Å². The zero-order chi connectivity index (χ0) is 16.9. The van der Waals surface area contributed by atoms with Crippen molar-refractivity contribution in [1.29, 1.82) is 0 Å². The van der Waals surface area contributed by atoms with Gasteiger partial charge in [0.05, 0.1) is 11.3 Å². The van der Waals surface area contributed by atoms with Crippen molar-refractivity contribution in [2.24, 2.45) is 0 Å². The molecular weight excluding hydrogens is 322 g/mol. The highest BCUT2D eigenvalue weighted by Gasteiger charge is 2.22. The summed E-state index contributed by atoms with van der Waals surface area (Å²) in [7, 11) is 0. The summed E-state index contributed by atoms with van der Waals surface area (Å²) in [6, 6.07) is 17.2. The van der Waals surface area contributed by atoms with Crippen molar-refractivity contribution in [3.05, 3.63) is 77.2 Å². The van der Waals surface area contributed by atoms with E-state index in [1.807, 2.05) is 61.5 Å². The predicted molar refractivity (Wildman–Crippen MR) is 93.4 cm³/mol. The van der Waals surface area contributed by atoms with E-state index in [1.54, 1.807) is 6.92 Å². The van der Waals surface area contributed by atoms with Crippen LogP contribution in [-0.2, 0) is 6.61 Å². The quantitative estimate of drug-likeness (QED) is 0.625. The lowest BCUT2D eigenvalue weighted by molar-refractivity contribution is 0.108. The molecular formula is C19H17NO3S. The normalized spacial score (nSPS) is 10.6. The molecule has 0 unspecified atom stereocenters. The Morgan fingerprint density at radius 2 is 1.79 bits per heavy atom. The van der Waals surface area contributed by atoms with Gasteiger partial charge in [0.2, 0.25) is 5.12 Å². The smallest absolute Gasteiger partial charge is 0.229 e. The summed E-state index contributed by atoms with van der Waals surface area (Å²) in [5, 5.41) is 3.82. The summed E-state index contributed by atoms with van der Waals surface area (Å²) < 4.78 is 11.0. The van der Waals surface area contributed by atoms with E-state index in [-0.39, 0.29) is 11.7 Å². The molecule has 2 aromatic carbocycles. The first-order valence-electron chi connectivity index (χ1n) is 7.55. The van der Waals surface area contributed by atoms with Gasteiger partial charge in [0, 0.05) is 4.90 Å². The van der Waals surface area contributed by atoms with Crippen molar-refractivity contribution in [3.8, 4) is 5.75 Å². The zero-order valence-corrected chi connectivity index (χ0v) is 14.3. The van der Waals surface area contributed by atoms with Gasteiger partial charge in [-0.2, -0.15) is 0 Å². The second-order valence-corrected chi connectivity index (χ2v) is 6.42. The Morgan fingerprint density at radius 1 is 1.08 bits per heavy atom. The maximum atomic E-state index is 12.6. The molecule has 3 rings (SSSR count). The summed E-state index contributed by atoms with van der Waals surface area (Å²) in [6.07, 6.45) is 0. The van der Waals surface area contributed by atoms with Crippen molar-refractivity contribution in [3.63, 3.8) is 0 Å². The number of ether oxygens (including phenoxy) is 1. The first-order chi connectivity index (χ1) is 11.6. The number of nitrogens with zero attached hydrogens (tertiary/aromatic N) is 1. The SMILES string of the molecule is Cc1ccc(SC(=O)c2c(C)noc2COc2ccccc2)cc1. The average molecular weight is 339 g/mol. The molecule has 0 saturated heterocycles. The van der Waals surface area contributed by atoms with E-state index < -0.39 is 0 Å². The molecule has 0 aliphatic heterocycles. The Morgan fingerprint density at radius 3 is 2.50 bits per heavy atom. The zero-order valence-electron chi connectivity index (χ0n) is 13.5. The summed E-state index contributed by atoms with van der Waals surface area (Å²) in [4.78, 5) is 13.5. The summed E-state index contributed by atoms with van der Waals surface area (Å²) >= 11 is 1.17. The molecule has 1 heterocycles. The fourth-order valence-corrected chi connectivity index (χ4v) is 3.06. The largest absolute Gasteiger partial charge is 0.486 e. The van der Waals surface area contributed by atoms with E-state index in [9.17, 15) is 4.79 Å². The third-order valence-corrected chi connectivity index (χ3v) is 4.38. The van der Waals surface area contributed by atoms with Gasteiger partial charge in [0.25, 0.3) is 0 Å². The number of benzene rings is 2. The highest BCUT2D eigenvalue weighted by Crippen LogP contribution is 2.27. The molecule has 0 N–H and O–H groups in total. The molecule has 0 radical (unpaired) electrons. The van der Waals surface area contributed by atoms with Gasteiger partial charge in [-0.15, -0.1) is 0 Å². The second kappa shape index (κ2) is 7.36. The van der Waals surface area contributed by atoms with Gasteiger partial charge >= 0.3 is 0 Å². The van der Waals surface area contributed by atoms with Crippen LogP contribution in [0.4, 0.5) is 0 Å². The molecule has 0 saturated carbocycles. The van der Waals surface area contributed by atoms with Crippen molar-refractivity contribution >= 4 is 16.9 Å². The molecule has 0 fully saturated rings. The lowest BCUT2D eigenvalue weighted by Crippen LogP contribution is -2.02. The fourth-order valence-electron chi connectivity index (χ4n) is 2.21. The number of hydrogen-bond donors (Lipinski definition) is 0. The molecule has 122 valence electrons. The first-order valence-corrected chi connectivity index (χ1v) is 8.37. The molecule has 0 amide bonds. The minimum atomic E-state index is -0.0933. The number of rotatable bonds is 5. The van der Waals surface area contributed by atoms with Crippen molar-refractivity contribution < 1.29 is 14.1 Å². The van der Waals surface area contributed by atoms with Crippen LogP contribution in [-0.4, -0.2) is 10.3 Å². The van der Waals surface area contributed by atoms with Gasteiger partial charge in [-0.3, -0.25) is 4.79 Å². The maximum absolute atomic E-state index is 12.6. The van der Waals surface area contributed by atoms with Crippen LogP contribution in [0.2, 0.25) is 0 Å². The highest BCUT2D eigenvalue weighted by molar-refractivity contribution is 8.14. The van der Waals surface area contributed by atoms with Crippen LogP contribution in [0.1, 0.15) is 27.4 Å². The van der Waals surface area contributed by atoms with E-state index in [2.05, 4.69) is 5.16 Å². The number of carbonyl (C=O) groups excluding carboxylic acids is 1. The molecule has 0 atom stereocenters. The van der Waals surface area contributed by atoms with E-state index in [0.29, 0.717) is 17.0 Å². The molecule has 1 aromatic heterocycles. The number of hydrogen-bond acceptors (Lipinski definition) is 5. The first kappa shape index (κ1) is 16.3. The van der Waals surface area contributed by atoms with Crippen LogP contribution in [0, 0.1) is 13.8 Å². The average Bonchev–Trinajstić information content (AvgIpc) is 2.97. The predicted octanol–water partition coefficient (Wildman–Crippen LogP) is 4.80. The van der Waals surface area contributed by atoms with Crippen LogP contribution < -0.4 is 4.74 Å². The Labute approximate surface area is 144 Å². The topological polar surface area (TPSA) is 52.3 Å².